The van der Waals surface area contributed by atoms with Crippen molar-refractivity contribution in [3.63, 3.8) is 0 Å². The summed E-state index contributed by atoms with van der Waals surface area (Å²) in [4.78, 5) is 0. The van der Waals surface area contributed by atoms with Gasteiger partial charge in [-0.05, 0) is 57.4 Å². The summed E-state index contributed by atoms with van der Waals surface area (Å²) in [6.07, 6.45) is 9.53. The number of ether oxygens (including phenoxy) is 1. The van der Waals surface area contributed by atoms with Gasteiger partial charge in [-0.15, -0.1) is 0 Å². The summed E-state index contributed by atoms with van der Waals surface area (Å²) in [7, 11) is 0. The lowest BCUT2D eigenvalue weighted by molar-refractivity contribution is 0.120. The maximum absolute atomic E-state index is 5.58. The highest BCUT2D eigenvalue weighted by atomic mass is 16.5. The number of nitrogens with one attached hydrogen (secondary N) is 1. The quantitative estimate of drug-likeness (QED) is 0.573. The Balaban J connectivity index is 1.25. The molecule has 0 heterocycles. The van der Waals surface area contributed by atoms with Crippen molar-refractivity contribution in [3.05, 3.63) is 0 Å². The third kappa shape index (κ3) is 4.97. The Hall–Kier alpha value is -0.0800. The van der Waals surface area contributed by atoms with Crippen LogP contribution in [0, 0.1) is 5.92 Å². The van der Waals surface area contributed by atoms with Crippen LogP contribution in [-0.2, 0) is 4.74 Å². The first-order chi connectivity index (χ1) is 6.95. The summed E-state index contributed by atoms with van der Waals surface area (Å²) in [5, 5.41) is 3.53. The van der Waals surface area contributed by atoms with Crippen LogP contribution in [0.1, 0.15) is 44.9 Å². The average Bonchev–Trinajstić information content (AvgIpc) is 3.00. The van der Waals surface area contributed by atoms with E-state index in [9.17, 15) is 0 Å². The van der Waals surface area contributed by atoms with E-state index in [1.54, 1.807) is 0 Å². The lowest BCUT2D eigenvalue weighted by Gasteiger charge is -2.04. The molecule has 0 aromatic carbocycles. The van der Waals surface area contributed by atoms with E-state index >= 15 is 0 Å². The van der Waals surface area contributed by atoms with Gasteiger partial charge in [-0.3, -0.25) is 0 Å². The molecule has 0 unspecified atom stereocenters. The Morgan fingerprint density at radius 1 is 1.00 bits per heavy atom. The molecule has 14 heavy (non-hydrogen) atoms. The normalized spacial score (nSPS) is 21.4. The molecular weight excluding hydrogens is 174 g/mol. The highest BCUT2D eigenvalue weighted by molar-refractivity contribution is 4.80. The molecule has 2 fully saturated rings. The summed E-state index contributed by atoms with van der Waals surface area (Å²) in [6, 6.07) is 0.876. The minimum atomic E-state index is 0.876. The molecule has 0 aromatic heterocycles. The minimum absolute atomic E-state index is 0.876. The molecule has 2 aliphatic carbocycles. The third-order valence-corrected chi connectivity index (χ3v) is 3.03. The van der Waals surface area contributed by atoms with Crippen LogP contribution in [0.2, 0.25) is 0 Å². The Morgan fingerprint density at radius 2 is 1.86 bits per heavy atom. The van der Waals surface area contributed by atoms with E-state index < -0.39 is 0 Å². The molecule has 2 heteroatoms. The molecule has 0 atom stereocenters. The standard InChI is InChI=1S/C12H23NO/c1(2-8-13-12-6-7-12)3-9-14-10-11-4-5-11/h11-13H,1-10H2. The van der Waals surface area contributed by atoms with Crippen LogP contribution >= 0.6 is 0 Å². The molecule has 0 radical (unpaired) electrons. The summed E-state index contributed by atoms with van der Waals surface area (Å²) in [5.74, 6) is 0.923. The van der Waals surface area contributed by atoms with E-state index in [1.807, 2.05) is 0 Å². The zero-order valence-corrected chi connectivity index (χ0v) is 9.13. The maximum Gasteiger partial charge on any atom is 0.0494 e. The van der Waals surface area contributed by atoms with E-state index in [0.29, 0.717) is 0 Å². The van der Waals surface area contributed by atoms with Crippen molar-refractivity contribution in [2.24, 2.45) is 5.92 Å². The van der Waals surface area contributed by atoms with Crippen molar-refractivity contribution in [2.45, 2.75) is 51.0 Å². The number of hydrogen-bond donors (Lipinski definition) is 1. The molecule has 1 N–H and O–H groups in total. The van der Waals surface area contributed by atoms with Crippen molar-refractivity contribution in [1.82, 2.24) is 5.32 Å². The topological polar surface area (TPSA) is 21.3 Å². The molecule has 0 aliphatic heterocycles. The molecule has 2 rings (SSSR count). The molecule has 0 spiro atoms. The van der Waals surface area contributed by atoms with Crippen LogP contribution in [0.15, 0.2) is 0 Å². The van der Waals surface area contributed by atoms with Crippen LogP contribution in [-0.4, -0.2) is 25.8 Å². The summed E-state index contributed by atoms with van der Waals surface area (Å²) in [6.45, 7) is 3.23. The van der Waals surface area contributed by atoms with Crippen LogP contribution < -0.4 is 5.32 Å². The fraction of sp³-hybridized carbons (Fsp3) is 1.00. The second-order valence-electron chi connectivity index (χ2n) is 4.81. The van der Waals surface area contributed by atoms with Gasteiger partial charge >= 0.3 is 0 Å². The predicted octanol–water partition coefficient (Wildman–Crippen LogP) is 2.34. The lowest BCUT2D eigenvalue weighted by Crippen LogP contribution is -2.17. The second-order valence-corrected chi connectivity index (χ2v) is 4.81. The second kappa shape index (κ2) is 5.72. The van der Waals surface area contributed by atoms with Crippen LogP contribution in [0.25, 0.3) is 0 Å². The van der Waals surface area contributed by atoms with E-state index in [0.717, 1.165) is 25.2 Å². The minimum Gasteiger partial charge on any atom is -0.381 e. The van der Waals surface area contributed by atoms with Crippen LogP contribution in [0.5, 0.6) is 0 Å². The van der Waals surface area contributed by atoms with Gasteiger partial charge < -0.3 is 10.1 Å². The molecule has 2 aliphatic rings. The fourth-order valence-electron chi connectivity index (χ4n) is 1.63. The number of hydrogen-bond acceptors (Lipinski definition) is 2. The first-order valence-corrected chi connectivity index (χ1v) is 6.26. The maximum atomic E-state index is 5.58. The van der Waals surface area contributed by atoms with Crippen molar-refractivity contribution < 1.29 is 4.74 Å². The monoisotopic (exact) mass is 197 g/mol. The van der Waals surface area contributed by atoms with E-state index in [-0.39, 0.29) is 0 Å². The smallest absolute Gasteiger partial charge is 0.0494 e. The molecule has 0 bridgehead atoms. The highest BCUT2D eigenvalue weighted by Crippen LogP contribution is 2.28. The Kier molecular flexibility index (Phi) is 4.26. The zero-order valence-electron chi connectivity index (χ0n) is 9.13. The predicted molar refractivity (Wildman–Crippen MR) is 58.4 cm³/mol. The lowest BCUT2D eigenvalue weighted by atomic mass is 10.2. The molecule has 0 aromatic rings. The van der Waals surface area contributed by atoms with E-state index in [1.165, 1.54) is 51.5 Å². The largest absolute Gasteiger partial charge is 0.381 e. The molecular formula is C12H23NO. The van der Waals surface area contributed by atoms with Crippen LogP contribution in [0.3, 0.4) is 0 Å². The molecule has 0 saturated heterocycles. The highest BCUT2D eigenvalue weighted by Gasteiger charge is 2.21. The van der Waals surface area contributed by atoms with Gasteiger partial charge in [-0.25, -0.2) is 0 Å². The van der Waals surface area contributed by atoms with Gasteiger partial charge in [0, 0.05) is 19.3 Å². The van der Waals surface area contributed by atoms with Gasteiger partial charge in [0.2, 0.25) is 0 Å². The van der Waals surface area contributed by atoms with Gasteiger partial charge in [0.25, 0.3) is 0 Å². The summed E-state index contributed by atoms with van der Waals surface area (Å²) < 4.78 is 5.58. The van der Waals surface area contributed by atoms with Gasteiger partial charge in [-0.1, -0.05) is 0 Å². The Morgan fingerprint density at radius 3 is 2.57 bits per heavy atom. The molecule has 82 valence electrons. The van der Waals surface area contributed by atoms with Crippen LogP contribution in [0.4, 0.5) is 0 Å². The van der Waals surface area contributed by atoms with Gasteiger partial charge in [-0.2, -0.15) is 0 Å². The van der Waals surface area contributed by atoms with Gasteiger partial charge in [0.15, 0.2) is 0 Å². The van der Waals surface area contributed by atoms with E-state index in [4.69, 9.17) is 4.74 Å². The van der Waals surface area contributed by atoms with Crippen molar-refractivity contribution in [3.8, 4) is 0 Å². The molecule has 2 saturated carbocycles. The SMILES string of the molecule is C(CCNC1CC1)CCOCC1CC1. The van der Waals surface area contributed by atoms with Crippen molar-refractivity contribution in [2.75, 3.05) is 19.8 Å². The van der Waals surface area contributed by atoms with Crippen molar-refractivity contribution in [1.29, 1.82) is 0 Å². The Bertz CT molecular complexity index is 134. The first-order valence-electron chi connectivity index (χ1n) is 6.26. The fourth-order valence-corrected chi connectivity index (χ4v) is 1.63. The Labute approximate surface area is 87.4 Å². The number of unbranched alkanes of at least 4 members (excludes halogenated alkanes) is 2. The van der Waals surface area contributed by atoms with Crippen molar-refractivity contribution >= 4 is 0 Å². The summed E-state index contributed by atoms with van der Waals surface area (Å²) in [5.41, 5.74) is 0. The van der Waals surface area contributed by atoms with E-state index in [2.05, 4.69) is 5.32 Å². The first kappa shape index (κ1) is 10.4. The van der Waals surface area contributed by atoms with Gasteiger partial charge in [0.05, 0.1) is 0 Å². The molecule has 0 amide bonds. The summed E-state index contributed by atoms with van der Waals surface area (Å²) >= 11 is 0. The average molecular weight is 197 g/mol. The van der Waals surface area contributed by atoms with Gasteiger partial charge in [0.1, 0.15) is 0 Å². The number of rotatable bonds is 9. The third-order valence-electron chi connectivity index (χ3n) is 3.03. The molecule has 2 nitrogen and oxygen atoms in total. The zero-order chi connectivity index (χ0) is 9.64.